The highest BCUT2D eigenvalue weighted by atomic mass is 16.5. The molecule has 0 saturated heterocycles. The maximum Gasteiger partial charge on any atom is 0.204 e. The van der Waals surface area contributed by atoms with Crippen LogP contribution < -0.4 is 19.6 Å². The Hall–Kier alpha value is -3.35. The van der Waals surface area contributed by atoms with Crippen molar-refractivity contribution in [2.45, 2.75) is 19.8 Å². The van der Waals surface area contributed by atoms with Crippen molar-refractivity contribution in [3.63, 3.8) is 0 Å². The van der Waals surface area contributed by atoms with Gasteiger partial charge in [0.2, 0.25) is 5.75 Å². The number of unbranched alkanes of at least 4 members (excludes halogenated alkanes) is 1. The van der Waals surface area contributed by atoms with Crippen LogP contribution in [0.3, 0.4) is 0 Å². The van der Waals surface area contributed by atoms with Gasteiger partial charge in [-0.15, -0.1) is 0 Å². The molecule has 7 heteroatoms. The van der Waals surface area contributed by atoms with E-state index in [1.807, 2.05) is 6.92 Å². The molecular weight excluding hydrogens is 364 g/mol. The summed E-state index contributed by atoms with van der Waals surface area (Å²) < 4.78 is 22.5. The van der Waals surface area contributed by atoms with E-state index in [1.165, 1.54) is 32.4 Å². The van der Waals surface area contributed by atoms with Crippen molar-refractivity contribution in [2.24, 2.45) is 0 Å². The van der Waals surface area contributed by atoms with Gasteiger partial charge in [0.25, 0.3) is 0 Å². The second-order valence-corrected chi connectivity index (χ2v) is 6.19. The summed E-state index contributed by atoms with van der Waals surface area (Å²) in [6.07, 6.45) is 1.76. The van der Waals surface area contributed by atoms with Crippen molar-refractivity contribution in [1.82, 2.24) is 0 Å². The van der Waals surface area contributed by atoms with Crippen molar-refractivity contribution >= 4 is 11.0 Å². The highest BCUT2D eigenvalue weighted by Gasteiger charge is 2.21. The van der Waals surface area contributed by atoms with Crippen molar-refractivity contribution in [1.29, 1.82) is 0 Å². The molecule has 3 aromatic rings. The number of benzene rings is 2. The van der Waals surface area contributed by atoms with Crippen molar-refractivity contribution in [3.8, 4) is 40.1 Å². The molecule has 0 spiro atoms. The Balaban J connectivity index is 2.23. The Morgan fingerprint density at radius 2 is 1.79 bits per heavy atom. The monoisotopic (exact) mass is 386 g/mol. The highest BCUT2D eigenvalue weighted by molar-refractivity contribution is 5.90. The second kappa shape index (κ2) is 8.12. The fourth-order valence-electron chi connectivity index (χ4n) is 2.87. The molecule has 0 aliphatic rings. The van der Waals surface area contributed by atoms with E-state index in [9.17, 15) is 15.0 Å². The summed E-state index contributed by atoms with van der Waals surface area (Å²) in [4.78, 5) is 12.9. The van der Waals surface area contributed by atoms with E-state index in [2.05, 4.69) is 0 Å². The third kappa shape index (κ3) is 3.55. The standard InChI is InChI=1S/C21H22O7/c1-4-5-8-27-21-19-15(24)10-16(12-6-7-13(22)14(23)9-12)28-17(19)11-18(25-2)20(21)26-3/h6-7,9-11,22-23H,4-5,8H2,1-3H3. The van der Waals surface area contributed by atoms with Crippen LogP contribution in [0.5, 0.6) is 28.7 Å². The molecule has 1 aromatic heterocycles. The highest BCUT2D eigenvalue weighted by Crippen LogP contribution is 2.43. The SMILES string of the molecule is CCCCOc1c(OC)c(OC)cc2oc(-c3ccc(O)c(O)c3)cc(=O)c12. The lowest BCUT2D eigenvalue weighted by atomic mass is 10.1. The van der Waals surface area contributed by atoms with Gasteiger partial charge >= 0.3 is 0 Å². The van der Waals surface area contributed by atoms with Crippen LogP contribution in [0.15, 0.2) is 39.5 Å². The zero-order valence-electron chi connectivity index (χ0n) is 15.9. The average Bonchev–Trinajstić information content (AvgIpc) is 2.69. The number of hydrogen-bond acceptors (Lipinski definition) is 7. The number of methoxy groups -OCH3 is 2. The molecule has 148 valence electrons. The molecular formula is C21H22O7. The van der Waals surface area contributed by atoms with Crippen molar-refractivity contribution in [3.05, 3.63) is 40.6 Å². The third-order valence-corrected chi connectivity index (χ3v) is 4.32. The second-order valence-electron chi connectivity index (χ2n) is 6.19. The molecule has 28 heavy (non-hydrogen) atoms. The Labute approximate surface area is 161 Å². The van der Waals surface area contributed by atoms with Crippen LogP contribution in [-0.2, 0) is 0 Å². The minimum atomic E-state index is -0.323. The normalized spacial score (nSPS) is 10.8. The Morgan fingerprint density at radius 3 is 2.43 bits per heavy atom. The van der Waals surface area contributed by atoms with E-state index in [0.717, 1.165) is 12.8 Å². The fourth-order valence-corrected chi connectivity index (χ4v) is 2.87. The number of phenolic OH excluding ortho intramolecular Hbond substituents is 2. The maximum atomic E-state index is 12.9. The zero-order valence-corrected chi connectivity index (χ0v) is 15.9. The number of fused-ring (bicyclic) bond motifs is 1. The number of rotatable bonds is 7. The Kier molecular flexibility index (Phi) is 5.63. The third-order valence-electron chi connectivity index (χ3n) is 4.32. The summed E-state index contributed by atoms with van der Waals surface area (Å²) in [5, 5.41) is 19.5. The van der Waals surface area contributed by atoms with Gasteiger partial charge in [0, 0.05) is 17.7 Å². The van der Waals surface area contributed by atoms with Gasteiger partial charge in [-0.2, -0.15) is 0 Å². The molecule has 2 aromatic carbocycles. The molecule has 0 aliphatic carbocycles. The summed E-state index contributed by atoms with van der Waals surface area (Å²) in [6.45, 7) is 2.46. The van der Waals surface area contributed by atoms with Gasteiger partial charge in [0.1, 0.15) is 16.7 Å². The Bertz CT molecular complexity index is 1050. The predicted molar refractivity (Wildman–Crippen MR) is 105 cm³/mol. The van der Waals surface area contributed by atoms with Crippen LogP contribution >= 0.6 is 0 Å². The molecule has 0 amide bonds. The lowest BCUT2D eigenvalue weighted by Gasteiger charge is -2.16. The van der Waals surface area contributed by atoms with E-state index >= 15 is 0 Å². The lowest BCUT2D eigenvalue weighted by molar-refractivity contribution is 0.282. The smallest absolute Gasteiger partial charge is 0.204 e. The van der Waals surface area contributed by atoms with Crippen LogP contribution in [0, 0.1) is 0 Å². The topological polar surface area (TPSA) is 98.4 Å². The van der Waals surface area contributed by atoms with Crippen LogP contribution in [0.1, 0.15) is 19.8 Å². The van der Waals surface area contributed by atoms with Crippen LogP contribution in [0.4, 0.5) is 0 Å². The molecule has 0 unspecified atom stereocenters. The summed E-state index contributed by atoms with van der Waals surface area (Å²) in [5.41, 5.74) is 0.382. The van der Waals surface area contributed by atoms with Gasteiger partial charge in [-0.3, -0.25) is 4.79 Å². The molecule has 0 fully saturated rings. The molecule has 0 radical (unpaired) electrons. The zero-order chi connectivity index (χ0) is 20.3. The van der Waals surface area contributed by atoms with Gasteiger partial charge in [0.15, 0.2) is 28.4 Å². The summed E-state index contributed by atoms with van der Waals surface area (Å²) in [7, 11) is 2.96. The van der Waals surface area contributed by atoms with E-state index < -0.39 is 0 Å². The number of phenols is 2. The predicted octanol–water partition coefficient (Wildman–Crippen LogP) is 4.07. The molecule has 0 saturated carbocycles. The number of ether oxygens (including phenoxy) is 3. The average molecular weight is 386 g/mol. The molecule has 0 atom stereocenters. The van der Waals surface area contributed by atoms with Crippen LogP contribution in [0.25, 0.3) is 22.3 Å². The van der Waals surface area contributed by atoms with Gasteiger partial charge in [-0.1, -0.05) is 13.3 Å². The number of hydrogen-bond donors (Lipinski definition) is 2. The van der Waals surface area contributed by atoms with E-state index in [1.54, 1.807) is 12.1 Å². The molecule has 3 rings (SSSR count). The minimum absolute atomic E-state index is 0.236. The minimum Gasteiger partial charge on any atom is -0.504 e. The molecule has 2 N–H and O–H groups in total. The van der Waals surface area contributed by atoms with E-state index in [0.29, 0.717) is 23.7 Å². The van der Waals surface area contributed by atoms with Crippen LogP contribution in [-0.4, -0.2) is 31.0 Å². The van der Waals surface area contributed by atoms with Crippen molar-refractivity contribution < 1.29 is 28.8 Å². The van der Waals surface area contributed by atoms with E-state index in [-0.39, 0.29) is 39.4 Å². The first kappa shape index (κ1) is 19.4. The van der Waals surface area contributed by atoms with Crippen molar-refractivity contribution in [2.75, 3.05) is 20.8 Å². The number of aromatic hydroxyl groups is 2. The largest absolute Gasteiger partial charge is 0.504 e. The first-order chi connectivity index (χ1) is 13.5. The first-order valence-corrected chi connectivity index (χ1v) is 8.88. The molecule has 1 heterocycles. The van der Waals surface area contributed by atoms with Gasteiger partial charge in [-0.05, 0) is 24.6 Å². The maximum absolute atomic E-state index is 12.9. The van der Waals surface area contributed by atoms with E-state index in [4.69, 9.17) is 18.6 Å². The molecule has 0 bridgehead atoms. The first-order valence-electron chi connectivity index (χ1n) is 8.88. The van der Waals surface area contributed by atoms with Gasteiger partial charge in [0.05, 0.1) is 20.8 Å². The Morgan fingerprint density at radius 1 is 1.00 bits per heavy atom. The summed E-state index contributed by atoms with van der Waals surface area (Å²) >= 11 is 0. The molecule has 0 aliphatic heterocycles. The lowest BCUT2D eigenvalue weighted by Crippen LogP contribution is -2.07. The summed E-state index contributed by atoms with van der Waals surface area (Å²) in [6, 6.07) is 7.05. The quantitative estimate of drug-likeness (QED) is 0.466. The molecule has 7 nitrogen and oxygen atoms in total. The van der Waals surface area contributed by atoms with Crippen LogP contribution in [0.2, 0.25) is 0 Å². The van der Waals surface area contributed by atoms with Gasteiger partial charge in [-0.25, -0.2) is 0 Å². The van der Waals surface area contributed by atoms with Gasteiger partial charge < -0.3 is 28.8 Å². The fraction of sp³-hybridized carbons (Fsp3) is 0.286. The summed E-state index contributed by atoms with van der Waals surface area (Å²) in [5.74, 6) is 0.642.